The van der Waals surface area contributed by atoms with Crippen molar-refractivity contribution in [1.29, 1.82) is 0 Å². The molecule has 0 radical (unpaired) electrons. The molecule has 3 N–H and O–H groups in total. The number of carbonyl (C=O) groups excluding carboxylic acids is 1. The van der Waals surface area contributed by atoms with Gasteiger partial charge in [-0.05, 0) is 11.6 Å². The van der Waals surface area contributed by atoms with E-state index in [9.17, 15) is 9.59 Å². The highest BCUT2D eigenvalue weighted by molar-refractivity contribution is 5.99. The fourth-order valence-corrected chi connectivity index (χ4v) is 1.51. The number of carbonyl (C=O) groups is 2. The molecule has 2 rings (SSSR count). The zero-order valence-electron chi connectivity index (χ0n) is 7.73. The molecule has 15 heavy (non-hydrogen) atoms. The van der Waals surface area contributed by atoms with E-state index < -0.39 is 12.1 Å². The third-order valence-corrected chi connectivity index (χ3v) is 2.20. The third kappa shape index (κ3) is 1.88. The summed E-state index contributed by atoms with van der Waals surface area (Å²) in [6.45, 7) is 0. The van der Waals surface area contributed by atoms with E-state index in [1.165, 1.54) is 0 Å². The lowest BCUT2D eigenvalue weighted by Crippen LogP contribution is -2.47. The SMILES string of the molecule is O=C(O)NC1Cc2cnccc2NC1=O. The molecule has 78 valence electrons. The highest BCUT2D eigenvalue weighted by Gasteiger charge is 2.27. The number of hydrogen-bond donors (Lipinski definition) is 3. The lowest BCUT2D eigenvalue weighted by atomic mass is 10.0. The van der Waals surface area contributed by atoms with Crippen molar-refractivity contribution in [2.45, 2.75) is 12.5 Å². The van der Waals surface area contributed by atoms with Gasteiger partial charge in [0.1, 0.15) is 6.04 Å². The Hall–Kier alpha value is -2.11. The van der Waals surface area contributed by atoms with Crippen LogP contribution in [-0.4, -0.2) is 28.1 Å². The molecule has 1 aromatic rings. The smallest absolute Gasteiger partial charge is 0.405 e. The van der Waals surface area contributed by atoms with Crippen LogP contribution in [0.1, 0.15) is 5.56 Å². The Morgan fingerprint density at radius 3 is 3.20 bits per heavy atom. The molecule has 2 amide bonds. The van der Waals surface area contributed by atoms with E-state index in [4.69, 9.17) is 5.11 Å². The average molecular weight is 207 g/mol. The topological polar surface area (TPSA) is 91.3 Å². The zero-order valence-corrected chi connectivity index (χ0v) is 7.73. The number of aromatic nitrogens is 1. The van der Waals surface area contributed by atoms with Crippen molar-refractivity contribution < 1.29 is 14.7 Å². The van der Waals surface area contributed by atoms with E-state index in [-0.39, 0.29) is 5.91 Å². The van der Waals surface area contributed by atoms with Gasteiger partial charge < -0.3 is 15.7 Å². The van der Waals surface area contributed by atoms with E-state index in [0.29, 0.717) is 12.1 Å². The van der Waals surface area contributed by atoms with Gasteiger partial charge in [-0.1, -0.05) is 0 Å². The third-order valence-electron chi connectivity index (χ3n) is 2.20. The van der Waals surface area contributed by atoms with Gasteiger partial charge in [-0.15, -0.1) is 0 Å². The molecule has 0 spiro atoms. The molecule has 1 aliphatic rings. The van der Waals surface area contributed by atoms with Crippen LogP contribution >= 0.6 is 0 Å². The molecule has 0 saturated carbocycles. The number of rotatable bonds is 1. The van der Waals surface area contributed by atoms with Crippen molar-refractivity contribution in [3.05, 3.63) is 24.0 Å². The van der Waals surface area contributed by atoms with Gasteiger partial charge in [0.25, 0.3) is 0 Å². The summed E-state index contributed by atoms with van der Waals surface area (Å²) in [7, 11) is 0. The molecule has 0 bridgehead atoms. The molecule has 6 nitrogen and oxygen atoms in total. The first kappa shape index (κ1) is 9.45. The highest BCUT2D eigenvalue weighted by atomic mass is 16.4. The summed E-state index contributed by atoms with van der Waals surface area (Å²) in [5.74, 6) is -0.337. The van der Waals surface area contributed by atoms with Gasteiger partial charge >= 0.3 is 6.09 Å². The summed E-state index contributed by atoms with van der Waals surface area (Å²) >= 11 is 0. The standard InChI is InChI=1S/C9H9N3O3/c13-8-7(12-9(14)15)3-5-4-10-2-1-6(5)11-8/h1-2,4,7,12H,3H2,(H,11,13)(H,14,15). The van der Waals surface area contributed by atoms with Crippen LogP contribution in [0, 0.1) is 0 Å². The summed E-state index contributed by atoms with van der Waals surface area (Å²) in [6, 6.07) is 0.948. The second-order valence-corrected chi connectivity index (χ2v) is 3.23. The number of nitrogens with zero attached hydrogens (tertiary/aromatic N) is 1. The van der Waals surface area contributed by atoms with Gasteiger partial charge in [-0.25, -0.2) is 4.79 Å². The van der Waals surface area contributed by atoms with Crippen LogP contribution in [-0.2, 0) is 11.2 Å². The Labute approximate surface area is 85.3 Å². The maximum Gasteiger partial charge on any atom is 0.405 e. The normalized spacial score (nSPS) is 18.9. The van der Waals surface area contributed by atoms with E-state index in [1.807, 2.05) is 0 Å². The lowest BCUT2D eigenvalue weighted by molar-refractivity contribution is -0.118. The Kier molecular flexibility index (Phi) is 2.24. The number of anilines is 1. The molecule has 1 atom stereocenters. The first-order chi connectivity index (χ1) is 7.16. The largest absolute Gasteiger partial charge is 0.465 e. The van der Waals surface area contributed by atoms with Crippen LogP contribution in [0.2, 0.25) is 0 Å². The van der Waals surface area contributed by atoms with Crippen molar-refractivity contribution in [2.24, 2.45) is 0 Å². The van der Waals surface area contributed by atoms with Crippen molar-refractivity contribution in [1.82, 2.24) is 10.3 Å². The number of pyridine rings is 1. The van der Waals surface area contributed by atoms with E-state index in [0.717, 1.165) is 5.56 Å². The van der Waals surface area contributed by atoms with Crippen molar-refractivity contribution in [3.63, 3.8) is 0 Å². The molecule has 1 aliphatic heterocycles. The summed E-state index contributed by atoms with van der Waals surface area (Å²) in [5, 5.41) is 13.3. The van der Waals surface area contributed by atoms with Crippen LogP contribution in [0.4, 0.5) is 10.5 Å². The number of fused-ring (bicyclic) bond motifs is 1. The minimum absolute atomic E-state index is 0.335. The first-order valence-corrected chi connectivity index (χ1v) is 4.40. The minimum atomic E-state index is -1.21. The van der Waals surface area contributed by atoms with Gasteiger partial charge in [-0.2, -0.15) is 0 Å². The quantitative estimate of drug-likeness (QED) is 0.614. The molecule has 1 unspecified atom stereocenters. The van der Waals surface area contributed by atoms with Crippen LogP contribution in [0.25, 0.3) is 0 Å². The highest BCUT2D eigenvalue weighted by Crippen LogP contribution is 2.20. The number of amides is 2. The summed E-state index contributed by atoms with van der Waals surface area (Å²) in [6.07, 6.45) is 2.32. The van der Waals surface area contributed by atoms with Gasteiger partial charge in [0.2, 0.25) is 5.91 Å². The number of hydrogen-bond acceptors (Lipinski definition) is 3. The zero-order chi connectivity index (χ0) is 10.8. The Morgan fingerprint density at radius 2 is 2.47 bits per heavy atom. The summed E-state index contributed by atoms with van der Waals surface area (Å²) < 4.78 is 0. The second-order valence-electron chi connectivity index (χ2n) is 3.23. The Bertz CT molecular complexity index is 419. The van der Waals surface area contributed by atoms with Gasteiger partial charge in [0.15, 0.2) is 0 Å². The molecular weight excluding hydrogens is 198 g/mol. The monoisotopic (exact) mass is 207 g/mol. The van der Waals surface area contributed by atoms with Crippen LogP contribution in [0.5, 0.6) is 0 Å². The molecule has 0 aromatic carbocycles. The van der Waals surface area contributed by atoms with Crippen molar-refractivity contribution in [3.8, 4) is 0 Å². The van der Waals surface area contributed by atoms with Gasteiger partial charge in [0.05, 0.1) is 0 Å². The number of carboxylic acid groups (broad SMARTS) is 1. The van der Waals surface area contributed by atoms with Gasteiger partial charge in [0, 0.05) is 24.5 Å². The summed E-state index contributed by atoms with van der Waals surface area (Å²) in [4.78, 5) is 25.8. The fourth-order valence-electron chi connectivity index (χ4n) is 1.51. The Morgan fingerprint density at radius 1 is 1.67 bits per heavy atom. The van der Waals surface area contributed by atoms with Crippen molar-refractivity contribution in [2.75, 3.05) is 5.32 Å². The van der Waals surface area contributed by atoms with Crippen LogP contribution < -0.4 is 10.6 Å². The molecule has 2 heterocycles. The van der Waals surface area contributed by atoms with Crippen molar-refractivity contribution >= 4 is 17.7 Å². The maximum atomic E-state index is 11.4. The van der Waals surface area contributed by atoms with Crippen LogP contribution in [0.15, 0.2) is 18.5 Å². The predicted octanol–water partition coefficient (Wildman–Crippen LogP) is 0.212. The van der Waals surface area contributed by atoms with Crippen LogP contribution in [0.3, 0.4) is 0 Å². The van der Waals surface area contributed by atoms with E-state index >= 15 is 0 Å². The maximum absolute atomic E-state index is 11.4. The predicted molar refractivity (Wildman–Crippen MR) is 51.5 cm³/mol. The average Bonchev–Trinajstić information content (AvgIpc) is 2.18. The summed E-state index contributed by atoms with van der Waals surface area (Å²) in [5.41, 5.74) is 1.52. The molecule has 0 aliphatic carbocycles. The molecular formula is C9H9N3O3. The molecule has 0 saturated heterocycles. The van der Waals surface area contributed by atoms with Gasteiger partial charge in [-0.3, -0.25) is 9.78 Å². The van der Waals surface area contributed by atoms with E-state index in [2.05, 4.69) is 15.6 Å². The molecule has 6 heteroatoms. The Balaban J connectivity index is 2.22. The fraction of sp³-hybridized carbons (Fsp3) is 0.222. The number of nitrogens with one attached hydrogen (secondary N) is 2. The molecule has 0 fully saturated rings. The minimum Gasteiger partial charge on any atom is -0.465 e. The van der Waals surface area contributed by atoms with E-state index in [1.54, 1.807) is 18.5 Å². The second kappa shape index (κ2) is 3.56. The first-order valence-electron chi connectivity index (χ1n) is 4.40. The lowest BCUT2D eigenvalue weighted by Gasteiger charge is -2.23. The molecule has 1 aromatic heterocycles.